The second-order valence-electron chi connectivity index (χ2n) is 9.44. The van der Waals surface area contributed by atoms with Crippen LogP contribution in [-0.2, 0) is 4.79 Å². The zero-order valence-corrected chi connectivity index (χ0v) is 19.5. The van der Waals surface area contributed by atoms with E-state index in [4.69, 9.17) is 0 Å². The number of carbonyl (C=O) groups excluding carboxylic acids is 1. The van der Waals surface area contributed by atoms with Crippen molar-refractivity contribution in [2.24, 2.45) is 0 Å². The van der Waals surface area contributed by atoms with Gasteiger partial charge in [-0.2, -0.15) is 0 Å². The standard InChI is InChI=1S/C25H50N2O/c1-4-5-6-7-8-9-10-11-12-13-14-15-16-17-18-19-22-26-25(2,3)27-23-20-21-24(27)28/h26H,4-23H2,1-3H3. The lowest BCUT2D eigenvalue weighted by Gasteiger charge is -2.36. The van der Waals surface area contributed by atoms with E-state index in [1.165, 1.54) is 103 Å². The first-order valence-corrected chi connectivity index (χ1v) is 12.6. The number of nitrogens with one attached hydrogen (secondary N) is 1. The highest BCUT2D eigenvalue weighted by atomic mass is 16.2. The van der Waals surface area contributed by atoms with E-state index < -0.39 is 0 Å². The molecule has 1 aliphatic rings. The Morgan fingerprint density at radius 3 is 1.57 bits per heavy atom. The molecule has 1 saturated heterocycles. The van der Waals surface area contributed by atoms with Crippen LogP contribution in [0.5, 0.6) is 0 Å². The van der Waals surface area contributed by atoms with Gasteiger partial charge in [0.25, 0.3) is 0 Å². The number of rotatable bonds is 19. The van der Waals surface area contributed by atoms with Crippen molar-refractivity contribution in [3.63, 3.8) is 0 Å². The Labute approximate surface area is 176 Å². The van der Waals surface area contributed by atoms with Crippen LogP contribution in [0.15, 0.2) is 0 Å². The molecule has 0 aromatic heterocycles. The highest BCUT2D eigenvalue weighted by molar-refractivity contribution is 5.78. The number of nitrogens with zero attached hydrogens (tertiary/aromatic N) is 1. The van der Waals surface area contributed by atoms with Crippen molar-refractivity contribution in [3.05, 3.63) is 0 Å². The van der Waals surface area contributed by atoms with Gasteiger partial charge in [-0.1, -0.05) is 103 Å². The van der Waals surface area contributed by atoms with Crippen LogP contribution in [0.3, 0.4) is 0 Å². The molecule has 1 amide bonds. The Morgan fingerprint density at radius 1 is 0.750 bits per heavy atom. The molecule has 3 heteroatoms. The van der Waals surface area contributed by atoms with E-state index in [9.17, 15) is 4.79 Å². The predicted molar refractivity (Wildman–Crippen MR) is 123 cm³/mol. The van der Waals surface area contributed by atoms with Gasteiger partial charge in [0, 0.05) is 13.0 Å². The lowest BCUT2D eigenvalue weighted by atomic mass is 10.0. The minimum Gasteiger partial charge on any atom is -0.325 e. The fourth-order valence-electron chi connectivity index (χ4n) is 4.40. The highest BCUT2D eigenvalue weighted by Gasteiger charge is 2.33. The quantitative estimate of drug-likeness (QED) is 0.235. The van der Waals surface area contributed by atoms with Crippen LogP contribution in [0.25, 0.3) is 0 Å². The normalized spacial score (nSPS) is 15.0. The van der Waals surface area contributed by atoms with Crippen molar-refractivity contribution in [2.75, 3.05) is 13.1 Å². The van der Waals surface area contributed by atoms with Gasteiger partial charge >= 0.3 is 0 Å². The zero-order valence-electron chi connectivity index (χ0n) is 19.5. The largest absolute Gasteiger partial charge is 0.325 e. The smallest absolute Gasteiger partial charge is 0.224 e. The second-order valence-corrected chi connectivity index (χ2v) is 9.44. The molecule has 166 valence electrons. The molecular weight excluding hydrogens is 344 g/mol. The second kappa shape index (κ2) is 16.3. The predicted octanol–water partition coefficient (Wildman–Crippen LogP) is 7.20. The van der Waals surface area contributed by atoms with Crippen LogP contribution in [0.1, 0.15) is 136 Å². The molecule has 1 fully saturated rings. The molecule has 0 bridgehead atoms. The molecule has 0 aromatic carbocycles. The average Bonchev–Trinajstić information content (AvgIpc) is 3.11. The molecule has 0 unspecified atom stereocenters. The van der Waals surface area contributed by atoms with Crippen molar-refractivity contribution in [2.45, 2.75) is 142 Å². The summed E-state index contributed by atoms with van der Waals surface area (Å²) in [5, 5.41) is 3.59. The first kappa shape index (κ1) is 25.5. The summed E-state index contributed by atoms with van der Waals surface area (Å²) in [6.45, 7) is 8.51. The topological polar surface area (TPSA) is 32.3 Å². The molecule has 28 heavy (non-hydrogen) atoms. The van der Waals surface area contributed by atoms with Crippen LogP contribution >= 0.6 is 0 Å². The molecule has 1 heterocycles. The van der Waals surface area contributed by atoms with E-state index >= 15 is 0 Å². The first-order chi connectivity index (χ1) is 13.6. The van der Waals surface area contributed by atoms with Gasteiger partial charge in [-0.05, 0) is 33.2 Å². The molecule has 1 N–H and O–H groups in total. The van der Waals surface area contributed by atoms with Crippen molar-refractivity contribution < 1.29 is 4.79 Å². The van der Waals surface area contributed by atoms with Gasteiger partial charge in [-0.3, -0.25) is 10.1 Å². The van der Waals surface area contributed by atoms with Crippen molar-refractivity contribution in [1.29, 1.82) is 0 Å². The van der Waals surface area contributed by atoms with Crippen molar-refractivity contribution >= 4 is 5.91 Å². The van der Waals surface area contributed by atoms with Crippen LogP contribution in [-0.4, -0.2) is 29.6 Å². The Kier molecular flexibility index (Phi) is 14.8. The van der Waals surface area contributed by atoms with Crippen LogP contribution < -0.4 is 5.32 Å². The van der Waals surface area contributed by atoms with E-state index in [-0.39, 0.29) is 5.66 Å². The molecule has 0 aliphatic carbocycles. The van der Waals surface area contributed by atoms with Crippen LogP contribution in [0.2, 0.25) is 0 Å². The van der Waals surface area contributed by atoms with Gasteiger partial charge in [0.1, 0.15) is 0 Å². The molecule has 0 saturated carbocycles. The maximum Gasteiger partial charge on any atom is 0.224 e. The number of amides is 1. The molecule has 1 rings (SSSR count). The number of carbonyl (C=O) groups is 1. The number of hydrogen-bond donors (Lipinski definition) is 1. The number of likely N-dealkylation sites (tertiary alicyclic amines) is 1. The fraction of sp³-hybridized carbons (Fsp3) is 0.960. The zero-order chi connectivity index (χ0) is 20.5. The SMILES string of the molecule is CCCCCCCCCCCCCCCCCCNC(C)(C)N1CCCC1=O. The third kappa shape index (κ3) is 12.1. The van der Waals surface area contributed by atoms with Gasteiger partial charge in [0.2, 0.25) is 5.91 Å². The summed E-state index contributed by atoms with van der Waals surface area (Å²) < 4.78 is 0. The summed E-state index contributed by atoms with van der Waals surface area (Å²) in [7, 11) is 0. The van der Waals surface area contributed by atoms with E-state index in [1.807, 2.05) is 4.90 Å². The molecule has 0 aromatic rings. The lowest BCUT2D eigenvalue weighted by molar-refractivity contribution is -0.133. The lowest BCUT2D eigenvalue weighted by Crippen LogP contribution is -2.55. The van der Waals surface area contributed by atoms with Crippen LogP contribution in [0.4, 0.5) is 0 Å². The Balaban J connectivity index is 1.79. The summed E-state index contributed by atoms with van der Waals surface area (Å²) in [6, 6.07) is 0. The Morgan fingerprint density at radius 2 is 1.18 bits per heavy atom. The van der Waals surface area contributed by atoms with Gasteiger partial charge in [0.15, 0.2) is 0 Å². The molecule has 0 radical (unpaired) electrons. The molecule has 3 nitrogen and oxygen atoms in total. The third-order valence-electron chi connectivity index (χ3n) is 6.34. The number of hydrogen-bond acceptors (Lipinski definition) is 2. The highest BCUT2D eigenvalue weighted by Crippen LogP contribution is 2.20. The van der Waals surface area contributed by atoms with Gasteiger partial charge < -0.3 is 4.90 Å². The Bertz CT molecular complexity index is 381. The van der Waals surface area contributed by atoms with Gasteiger partial charge in [-0.25, -0.2) is 0 Å². The van der Waals surface area contributed by atoms with Crippen LogP contribution in [0, 0.1) is 0 Å². The minimum atomic E-state index is -0.177. The minimum absolute atomic E-state index is 0.177. The third-order valence-corrected chi connectivity index (χ3v) is 6.34. The van der Waals surface area contributed by atoms with Gasteiger partial charge in [-0.15, -0.1) is 0 Å². The summed E-state index contributed by atoms with van der Waals surface area (Å²) in [6.07, 6.45) is 24.3. The summed E-state index contributed by atoms with van der Waals surface area (Å²) in [5.74, 6) is 0.310. The Hall–Kier alpha value is -0.570. The maximum absolute atomic E-state index is 11.9. The van der Waals surface area contributed by atoms with Gasteiger partial charge in [0.05, 0.1) is 5.66 Å². The summed E-state index contributed by atoms with van der Waals surface area (Å²) >= 11 is 0. The average molecular weight is 395 g/mol. The molecular formula is C25H50N2O. The molecule has 0 atom stereocenters. The molecule has 1 aliphatic heterocycles. The fourth-order valence-corrected chi connectivity index (χ4v) is 4.40. The van der Waals surface area contributed by atoms with E-state index in [0.29, 0.717) is 5.91 Å². The first-order valence-electron chi connectivity index (χ1n) is 12.6. The van der Waals surface area contributed by atoms with Crippen molar-refractivity contribution in [3.8, 4) is 0 Å². The van der Waals surface area contributed by atoms with E-state index in [2.05, 4.69) is 26.1 Å². The van der Waals surface area contributed by atoms with E-state index in [0.717, 1.165) is 25.9 Å². The maximum atomic E-state index is 11.9. The molecule has 0 spiro atoms. The number of unbranched alkanes of at least 4 members (excludes halogenated alkanes) is 15. The van der Waals surface area contributed by atoms with E-state index in [1.54, 1.807) is 0 Å². The van der Waals surface area contributed by atoms with Crippen molar-refractivity contribution in [1.82, 2.24) is 10.2 Å². The summed E-state index contributed by atoms with van der Waals surface area (Å²) in [4.78, 5) is 13.9. The monoisotopic (exact) mass is 394 g/mol. The summed E-state index contributed by atoms with van der Waals surface area (Å²) in [5.41, 5.74) is -0.177.